The van der Waals surface area contributed by atoms with Crippen LogP contribution in [0.4, 0.5) is 4.39 Å². The van der Waals surface area contributed by atoms with E-state index in [0.717, 1.165) is 24.8 Å². The van der Waals surface area contributed by atoms with E-state index in [1.54, 1.807) is 12.1 Å². The van der Waals surface area contributed by atoms with Crippen LogP contribution in [0.5, 0.6) is 0 Å². The van der Waals surface area contributed by atoms with Crippen molar-refractivity contribution >= 4 is 0 Å². The number of aliphatic hydroxyl groups excluding tert-OH is 1. The van der Waals surface area contributed by atoms with Gasteiger partial charge >= 0.3 is 0 Å². The monoisotopic (exact) mass is 295 g/mol. The topological polar surface area (TPSA) is 41.5 Å². The van der Waals surface area contributed by atoms with Crippen LogP contribution in [-0.4, -0.2) is 36.5 Å². The summed E-state index contributed by atoms with van der Waals surface area (Å²) >= 11 is 0. The maximum absolute atomic E-state index is 12.8. The lowest BCUT2D eigenvalue weighted by molar-refractivity contribution is -0.00607. The molecule has 1 saturated carbocycles. The molecule has 0 saturated heterocycles. The summed E-state index contributed by atoms with van der Waals surface area (Å²) in [6.07, 6.45) is 5.43. The predicted octanol–water partition coefficient (Wildman–Crippen LogP) is 2.67. The van der Waals surface area contributed by atoms with Crippen LogP contribution in [0.2, 0.25) is 0 Å². The molecular formula is C17H26FNO2. The van der Waals surface area contributed by atoms with Crippen molar-refractivity contribution in [2.75, 3.05) is 13.2 Å². The minimum absolute atomic E-state index is 0.209. The van der Waals surface area contributed by atoms with Crippen LogP contribution in [0.25, 0.3) is 0 Å². The van der Waals surface area contributed by atoms with E-state index in [2.05, 4.69) is 12.2 Å². The van der Waals surface area contributed by atoms with Crippen molar-refractivity contribution in [3.8, 4) is 0 Å². The first-order chi connectivity index (χ1) is 10.1. The molecule has 3 nitrogen and oxygen atoms in total. The number of benzene rings is 1. The molecule has 1 fully saturated rings. The fourth-order valence-electron chi connectivity index (χ4n) is 2.74. The first-order valence-corrected chi connectivity index (χ1v) is 7.91. The van der Waals surface area contributed by atoms with Crippen molar-refractivity contribution < 1.29 is 14.2 Å². The highest BCUT2D eigenvalue weighted by Crippen LogP contribution is 2.20. The normalized spacial score (nSPS) is 18.8. The smallest absolute Gasteiger partial charge is 0.123 e. The van der Waals surface area contributed by atoms with Crippen LogP contribution in [-0.2, 0) is 11.2 Å². The number of rotatable bonds is 8. The molecule has 1 aromatic rings. The SMILES string of the molecule is CC(Cc1ccc(F)cc1)NCC(O)COC1CCCC1. The largest absolute Gasteiger partial charge is 0.389 e. The van der Waals surface area contributed by atoms with E-state index in [-0.39, 0.29) is 11.9 Å². The molecule has 1 aliphatic carbocycles. The Kier molecular flexibility index (Phi) is 6.61. The number of aliphatic hydroxyl groups is 1. The van der Waals surface area contributed by atoms with Gasteiger partial charge in [0.1, 0.15) is 5.82 Å². The minimum atomic E-state index is -0.471. The number of hydrogen-bond acceptors (Lipinski definition) is 3. The lowest BCUT2D eigenvalue weighted by atomic mass is 10.1. The molecule has 1 aliphatic rings. The predicted molar refractivity (Wildman–Crippen MR) is 81.8 cm³/mol. The second kappa shape index (κ2) is 8.47. The van der Waals surface area contributed by atoms with Gasteiger partial charge in [-0.3, -0.25) is 0 Å². The second-order valence-electron chi connectivity index (χ2n) is 6.03. The van der Waals surface area contributed by atoms with E-state index in [1.807, 2.05) is 0 Å². The average Bonchev–Trinajstić information content (AvgIpc) is 2.99. The molecule has 0 spiro atoms. The van der Waals surface area contributed by atoms with E-state index < -0.39 is 6.10 Å². The summed E-state index contributed by atoms with van der Waals surface area (Å²) < 4.78 is 18.5. The van der Waals surface area contributed by atoms with Gasteiger partial charge in [0.15, 0.2) is 0 Å². The molecule has 4 heteroatoms. The average molecular weight is 295 g/mol. The summed E-state index contributed by atoms with van der Waals surface area (Å²) in [6, 6.07) is 6.79. The number of halogens is 1. The van der Waals surface area contributed by atoms with E-state index >= 15 is 0 Å². The number of ether oxygens (including phenoxy) is 1. The van der Waals surface area contributed by atoms with Gasteiger partial charge in [0.2, 0.25) is 0 Å². The molecule has 0 aliphatic heterocycles. The number of hydrogen-bond donors (Lipinski definition) is 2. The van der Waals surface area contributed by atoms with E-state index in [1.165, 1.54) is 25.0 Å². The molecular weight excluding hydrogens is 269 g/mol. The zero-order valence-electron chi connectivity index (χ0n) is 12.7. The fraction of sp³-hybridized carbons (Fsp3) is 0.647. The van der Waals surface area contributed by atoms with Gasteiger partial charge in [-0.1, -0.05) is 25.0 Å². The van der Waals surface area contributed by atoms with Gasteiger partial charge in [-0.05, 0) is 43.9 Å². The maximum Gasteiger partial charge on any atom is 0.123 e. The Morgan fingerprint density at radius 1 is 1.29 bits per heavy atom. The third kappa shape index (κ3) is 6.12. The molecule has 0 bridgehead atoms. The molecule has 118 valence electrons. The van der Waals surface area contributed by atoms with Gasteiger partial charge in [-0.25, -0.2) is 4.39 Å². The van der Waals surface area contributed by atoms with E-state index in [9.17, 15) is 9.50 Å². The molecule has 2 unspecified atom stereocenters. The summed E-state index contributed by atoms with van der Waals surface area (Å²) in [5, 5.41) is 13.2. The van der Waals surface area contributed by atoms with Crippen LogP contribution in [0.1, 0.15) is 38.2 Å². The van der Waals surface area contributed by atoms with Crippen molar-refractivity contribution in [1.82, 2.24) is 5.32 Å². The first kappa shape index (κ1) is 16.4. The Balaban J connectivity index is 1.61. The lowest BCUT2D eigenvalue weighted by Crippen LogP contribution is -2.37. The van der Waals surface area contributed by atoms with Crippen LogP contribution in [0.3, 0.4) is 0 Å². The molecule has 0 amide bonds. The van der Waals surface area contributed by atoms with Crippen molar-refractivity contribution in [3.63, 3.8) is 0 Å². The van der Waals surface area contributed by atoms with Gasteiger partial charge in [0.05, 0.1) is 18.8 Å². The van der Waals surface area contributed by atoms with Crippen LogP contribution in [0.15, 0.2) is 24.3 Å². The Morgan fingerprint density at radius 2 is 1.95 bits per heavy atom. The van der Waals surface area contributed by atoms with Crippen molar-refractivity contribution in [3.05, 3.63) is 35.6 Å². The summed E-state index contributed by atoms with van der Waals surface area (Å²) in [7, 11) is 0. The van der Waals surface area contributed by atoms with Crippen LogP contribution in [0, 0.1) is 5.82 Å². The van der Waals surface area contributed by atoms with Gasteiger partial charge in [0, 0.05) is 12.6 Å². The molecule has 0 heterocycles. The maximum atomic E-state index is 12.8. The van der Waals surface area contributed by atoms with Crippen LogP contribution >= 0.6 is 0 Å². The van der Waals surface area contributed by atoms with E-state index in [4.69, 9.17) is 4.74 Å². The second-order valence-corrected chi connectivity index (χ2v) is 6.03. The highest BCUT2D eigenvalue weighted by Gasteiger charge is 2.17. The van der Waals surface area contributed by atoms with Gasteiger partial charge < -0.3 is 15.2 Å². The zero-order chi connectivity index (χ0) is 15.1. The van der Waals surface area contributed by atoms with Gasteiger partial charge in [-0.15, -0.1) is 0 Å². The summed E-state index contributed by atoms with van der Waals surface area (Å²) in [5.74, 6) is -0.209. The fourth-order valence-corrected chi connectivity index (χ4v) is 2.74. The van der Waals surface area contributed by atoms with Crippen molar-refractivity contribution in [2.45, 2.75) is 57.3 Å². The summed E-state index contributed by atoms with van der Waals surface area (Å²) in [4.78, 5) is 0. The van der Waals surface area contributed by atoms with E-state index in [0.29, 0.717) is 19.3 Å². The first-order valence-electron chi connectivity index (χ1n) is 7.91. The molecule has 21 heavy (non-hydrogen) atoms. The quantitative estimate of drug-likeness (QED) is 0.775. The lowest BCUT2D eigenvalue weighted by Gasteiger charge is -2.19. The molecule has 1 aromatic carbocycles. The van der Waals surface area contributed by atoms with Crippen molar-refractivity contribution in [1.29, 1.82) is 0 Å². The summed E-state index contributed by atoms with van der Waals surface area (Å²) in [6.45, 7) is 2.99. The molecule has 0 radical (unpaired) electrons. The highest BCUT2D eigenvalue weighted by molar-refractivity contribution is 5.16. The minimum Gasteiger partial charge on any atom is -0.389 e. The Labute approximate surface area is 126 Å². The Bertz CT molecular complexity index is 404. The highest BCUT2D eigenvalue weighted by atomic mass is 19.1. The Hall–Kier alpha value is -0.970. The molecule has 2 N–H and O–H groups in total. The standard InChI is InChI=1S/C17H26FNO2/c1-13(10-14-6-8-15(18)9-7-14)19-11-16(20)12-21-17-4-2-3-5-17/h6-9,13,16-17,19-20H,2-5,10-12H2,1H3. The molecule has 2 atom stereocenters. The summed E-state index contributed by atoms with van der Waals surface area (Å²) in [5.41, 5.74) is 1.09. The van der Waals surface area contributed by atoms with Crippen LogP contribution < -0.4 is 5.32 Å². The van der Waals surface area contributed by atoms with Crippen molar-refractivity contribution in [2.24, 2.45) is 0 Å². The molecule has 2 rings (SSSR count). The van der Waals surface area contributed by atoms with Gasteiger partial charge in [-0.2, -0.15) is 0 Å². The number of nitrogens with one attached hydrogen (secondary N) is 1. The third-order valence-electron chi connectivity index (χ3n) is 3.98. The zero-order valence-corrected chi connectivity index (χ0v) is 12.7. The third-order valence-corrected chi connectivity index (χ3v) is 3.98. The molecule has 0 aromatic heterocycles. The van der Waals surface area contributed by atoms with Gasteiger partial charge in [0.25, 0.3) is 0 Å². The Morgan fingerprint density at radius 3 is 2.62 bits per heavy atom.